The minimum absolute atomic E-state index is 0.0284. The smallest absolute Gasteiger partial charge is 0.274 e. The van der Waals surface area contributed by atoms with E-state index in [1.165, 1.54) is 18.2 Å². The second-order valence-electron chi connectivity index (χ2n) is 5.25. The lowest BCUT2D eigenvalue weighted by Gasteiger charge is -2.01. The van der Waals surface area contributed by atoms with Crippen LogP contribution in [0.1, 0.15) is 21.6 Å². The van der Waals surface area contributed by atoms with Gasteiger partial charge < -0.3 is 4.57 Å². The summed E-state index contributed by atoms with van der Waals surface area (Å²) in [4.78, 5) is 11.9. The van der Waals surface area contributed by atoms with Gasteiger partial charge in [0.1, 0.15) is 5.82 Å². The number of aryl methyl sites for hydroxylation is 1. The van der Waals surface area contributed by atoms with E-state index in [9.17, 15) is 9.18 Å². The lowest BCUT2D eigenvalue weighted by atomic mass is 10.1. The largest absolute Gasteiger partial charge is 0.347 e. The van der Waals surface area contributed by atoms with Gasteiger partial charge in [-0.05, 0) is 25.1 Å². The van der Waals surface area contributed by atoms with Crippen LogP contribution in [0.5, 0.6) is 0 Å². The summed E-state index contributed by atoms with van der Waals surface area (Å²) in [6.07, 6.45) is 1.59. The zero-order valence-corrected chi connectivity index (χ0v) is 12.9. The number of halogens is 1. The first kappa shape index (κ1) is 15.0. The van der Waals surface area contributed by atoms with Crippen molar-refractivity contribution in [3.05, 3.63) is 71.2 Å². The van der Waals surface area contributed by atoms with Crippen molar-refractivity contribution in [2.75, 3.05) is 0 Å². The molecule has 0 aliphatic heterocycles. The molecule has 0 atom stereocenters. The third-order valence-corrected chi connectivity index (χ3v) is 3.93. The van der Waals surface area contributed by atoms with E-state index in [-0.39, 0.29) is 5.56 Å². The number of nitrogens with one attached hydrogen (secondary N) is 1. The van der Waals surface area contributed by atoms with Crippen LogP contribution < -0.4 is 5.43 Å². The molecule has 5 heteroatoms. The number of rotatable bonds is 3. The second-order valence-corrected chi connectivity index (χ2v) is 5.25. The molecule has 0 aliphatic rings. The predicted octanol–water partition coefficient (Wildman–Crippen LogP) is 3.39. The first-order valence-corrected chi connectivity index (χ1v) is 7.21. The van der Waals surface area contributed by atoms with Gasteiger partial charge in [-0.25, -0.2) is 9.82 Å². The van der Waals surface area contributed by atoms with E-state index in [0.717, 1.165) is 22.2 Å². The molecule has 3 rings (SSSR count). The average Bonchev–Trinajstić information content (AvgIpc) is 2.80. The number of carbonyl (C=O) groups excluding carboxylic acids is 1. The summed E-state index contributed by atoms with van der Waals surface area (Å²) >= 11 is 0. The summed E-state index contributed by atoms with van der Waals surface area (Å²) in [6.45, 7) is 1.99. The minimum atomic E-state index is -0.572. The lowest BCUT2D eigenvalue weighted by molar-refractivity contribution is 0.0951. The SMILES string of the molecule is Cc1c(/C=N/NC(=O)c2ccccc2F)c2ccccc2n1C. The number of amides is 1. The summed E-state index contributed by atoms with van der Waals surface area (Å²) in [5.41, 5.74) is 5.40. The minimum Gasteiger partial charge on any atom is -0.347 e. The Morgan fingerprint density at radius 3 is 2.65 bits per heavy atom. The van der Waals surface area contributed by atoms with Crippen LogP contribution in [0.2, 0.25) is 0 Å². The molecule has 116 valence electrons. The van der Waals surface area contributed by atoms with Crippen molar-refractivity contribution in [1.29, 1.82) is 0 Å². The van der Waals surface area contributed by atoms with Crippen molar-refractivity contribution in [2.45, 2.75) is 6.92 Å². The van der Waals surface area contributed by atoms with Crippen molar-refractivity contribution in [3.8, 4) is 0 Å². The summed E-state index contributed by atoms with van der Waals surface area (Å²) < 4.78 is 15.6. The van der Waals surface area contributed by atoms with Gasteiger partial charge in [-0.15, -0.1) is 0 Å². The number of nitrogens with zero attached hydrogens (tertiary/aromatic N) is 2. The Hall–Kier alpha value is -2.95. The molecule has 1 amide bonds. The number of hydrogen-bond acceptors (Lipinski definition) is 2. The van der Waals surface area contributed by atoms with E-state index in [2.05, 4.69) is 15.1 Å². The fourth-order valence-corrected chi connectivity index (χ4v) is 2.57. The van der Waals surface area contributed by atoms with Crippen LogP contribution in [0.3, 0.4) is 0 Å². The highest BCUT2D eigenvalue weighted by Crippen LogP contribution is 2.22. The van der Waals surface area contributed by atoms with Crippen LogP contribution in [-0.2, 0) is 7.05 Å². The monoisotopic (exact) mass is 309 g/mol. The first-order valence-electron chi connectivity index (χ1n) is 7.21. The first-order chi connectivity index (χ1) is 11.1. The Bertz CT molecular complexity index is 912. The molecule has 0 fully saturated rings. The molecule has 0 saturated carbocycles. The van der Waals surface area contributed by atoms with Gasteiger partial charge in [-0.1, -0.05) is 30.3 Å². The van der Waals surface area contributed by atoms with E-state index in [4.69, 9.17) is 0 Å². The summed E-state index contributed by atoms with van der Waals surface area (Å²) in [5.74, 6) is -1.14. The molecule has 0 unspecified atom stereocenters. The van der Waals surface area contributed by atoms with Gasteiger partial charge in [0.15, 0.2) is 0 Å². The Kier molecular flexibility index (Phi) is 3.93. The number of aromatic nitrogens is 1. The van der Waals surface area contributed by atoms with Crippen molar-refractivity contribution in [2.24, 2.45) is 12.1 Å². The molecule has 0 aliphatic carbocycles. The lowest BCUT2D eigenvalue weighted by Crippen LogP contribution is -2.19. The molecular formula is C18H16FN3O. The molecule has 0 bridgehead atoms. The van der Waals surface area contributed by atoms with Crippen molar-refractivity contribution in [1.82, 2.24) is 9.99 Å². The molecule has 1 aromatic heterocycles. The topological polar surface area (TPSA) is 46.4 Å². The van der Waals surface area contributed by atoms with Crippen LogP contribution in [0.25, 0.3) is 10.9 Å². The fraction of sp³-hybridized carbons (Fsp3) is 0.111. The standard InChI is InChI=1S/C18H16FN3O/c1-12-15(13-7-4-6-10-17(13)22(12)2)11-20-21-18(23)14-8-3-5-9-16(14)19/h3-11H,1-2H3,(H,21,23)/b20-11+. The Morgan fingerprint density at radius 1 is 1.17 bits per heavy atom. The normalized spacial score (nSPS) is 11.3. The van der Waals surface area contributed by atoms with Crippen LogP contribution in [0, 0.1) is 12.7 Å². The molecule has 23 heavy (non-hydrogen) atoms. The van der Waals surface area contributed by atoms with Gasteiger partial charge in [0, 0.05) is 29.2 Å². The van der Waals surface area contributed by atoms with E-state index < -0.39 is 11.7 Å². The van der Waals surface area contributed by atoms with E-state index >= 15 is 0 Å². The molecule has 0 saturated heterocycles. The van der Waals surface area contributed by atoms with Crippen LogP contribution in [0.15, 0.2) is 53.6 Å². The zero-order chi connectivity index (χ0) is 16.4. The van der Waals surface area contributed by atoms with Gasteiger partial charge in [-0.3, -0.25) is 4.79 Å². The average molecular weight is 309 g/mol. The summed E-state index contributed by atoms with van der Waals surface area (Å²) in [5, 5.41) is 5.03. The maximum absolute atomic E-state index is 13.5. The third-order valence-electron chi connectivity index (χ3n) is 3.93. The number of fused-ring (bicyclic) bond motifs is 1. The fourth-order valence-electron chi connectivity index (χ4n) is 2.57. The summed E-state index contributed by atoms with van der Waals surface area (Å²) in [7, 11) is 1.98. The van der Waals surface area contributed by atoms with E-state index in [1.807, 2.05) is 38.2 Å². The van der Waals surface area contributed by atoms with E-state index in [0.29, 0.717) is 0 Å². The quantitative estimate of drug-likeness (QED) is 0.585. The van der Waals surface area contributed by atoms with Crippen molar-refractivity contribution >= 4 is 23.0 Å². The molecular weight excluding hydrogens is 293 g/mol. The van der Waals surface area contributed by atoms with Crippen LogP contribution >= 0.6 is 0 Å². The second kappa shape index (κ2) is 6.04. The predicted molar refractivity (Wildman–Crippen MR) is 89.1 cm³/mol. The summed E-state index contributed by atoms with van der Waals surface area (Å²) in [6, 6.07) is 13.8. The Balaban J connectivity index is 1.86. The molecule has 2 aromatic carbocycles. The molecule has 4 nitrogen and oxygen atoms in total. The maximum Gasteiger partial charge on any atom is 0.274 e. The van der Waals surface area contributed by atoms with Crippen LogP contribution in [0.4, 0.5) is 4.39 Å². The number of carbonyl (C=O) groups is 1. The number of benzene rings is 2. The molecule has 1 heterocycles. The molecule has 0 radical (unpaired) electrons. The van der Waals surface area contributed by atoms with Gasteiger partial charge in [0.25, 0.3) is 5.91 Å². The highest BCUT2D eigenvalue weighted by molar-refractivity contribution is 6.02. The number of hydrazone groups is 1. The number of para-hydroxylation sites is 1. The third kappa shape index (κ3) is 2.73. The highest BCUT2D eigenvalue weighted by Gasteiger charge is 2.11. The maximum atomic E-state index is 13.5. The zero-order valence-electron chi connectivity index (χ0n) is 12.9. The van der Waals surface area contributed by atoms with Gasteiger partial charge >= 0.3 is 0 Å². The highest BCUT2D eigenvalue weighted by atomic mass is 19.1. The van der Waals surface area contributed by atoms with Gasteiger partial charge in [-0.2, -0.15) is 5.10 Å². The van der Waals surface area contributed by atoms with Gasteiger partial charge in [0.05, 0.1) is 11.8 Å². The molecule has 3 aromatic rings. The molecule has 1 N–H and O–H groups in total. The van der Waals surface area contributed by atoms with Gasteiger partial charge in [0.2, 0.25) is 0 Å². The van der Waals surface area contributed by atoms with E-state index in [1.54, 1.807) is 12.3 Å². The van der Waals surface area contributed by atoms with Crippen molar-refractivity contribution < 1.29 is 9.18 Å². The van der Waals surface area contributed by atoms with Crippen molar-refractivity contribution in [3.63, 3.8) is 0 Å². The Morgan fingerprint density at radius 2 is 1.87 bits per heavy atom. The Labute approximate surface area is 133 Å². The number of hydrogen-bond donors (Lipinski definition) is 1. The molecule has 0 spiro atoms. The van der Waals surface area contributed by atoms with Crippen LogP contribution in [-0.4, -0.2) is 16.7 Å².